The van der Waals surface area contributed by atoms with Crippen LogP contribution in [0.2, 0.25) is 0 Å². The van der Waals surface area contributed by atoms with Crippen LogP contribution < -0.4 is 15.5 Å². The highest BCUT2D eigenvalue weighted by atomic mass is 16.6. The molecule has 0 atom stereocenters. The molecule has 0 radical (unpaired) electrons. The molecule has 0 aliphatic carbocycles. The second-order valence-corrected chi connectivity index (χ2v) is 7.34. The number of anilines is 2. The van der Waals surface area contributed by atoms with Crippen molar-refractivity contribution >= 4 is 28.9 Å². The van der Waals surface area contributed by atoms with Crippen molar-refractivity contribution in [3.05, 3.63) is 64.2 Å². The average Bonchev–Trinajstić information content (AvgIpc) is 3.04. The number of hydrogen-bond donors (Lipinski definition) is 2. The van der Waals surface area contributed by atoms with E-state index in [2.05, 4.69) is 39.8 Å². The lowest BCUT2D eigenvalue weighted by atomic mass is 10.1. The standard InChI is InChI=1S/C22H26N4O4/c27-21(22(28)24-18-6-5-7-20(16-18)26(29)30)23-13-12-17-8-10-19(11-9-17)25-14-3-1-2-4-15-25/h5-11,16H,1-4,12-15H2,(H,23,27)(H,24,28). The van der Waals surface area contributed by atoms with E-state index in [-0.39, 0.29) is 11.4 Å². The number of nitro groups is 1. The minimum absolute atomic E-state index is 0.156. The van der Waals surface area contributed by atoms with Gasteiger partial charge in [-0.1, -0.05) is 31.0 Å². The Bertz CT molecular complexity index is 890. The predicted octanol–water partition coefficient (Wildman–Crippen LogP) is 3.27. The Balaban J connectivity index is 1.45. The third-order valence-electron chi connectivity index (χ3n) is 5.13. The van der Waals surface area contributed by atoms with Crippen LogP contribution in [0, 0.1) is 10.1 Å². The van der Waals surface area contributed by atoms with Crippen molar-refractivity contribution in [3.8, 4) is 0 Å². The molecule has 8 heteroatoms. The predicted molar refractivity (Wildman–Crippen MR) is 116 cm³/mol. The molecule has 8 nitrogen and oxygen atoms in total. The fourth-order valence-electron chi connectivity index (χ4n) is 3.49. The Morgan fingerprint density at radius 2 is 1.67 bits per heavy atom. The lowest BCUT2D eigenvalue weighted by Crippen LogP contribution is -2.36. The van der Waals surface area contributed by atoms with Crippen molar-refractivity contribution in [3.63, 3.8) is 0 Å². The van der Waals surface area contributed by atoms with E-state index in [1.165, 1.54) is 55.6 Å². The molecule has 0 bridgehead atoms. The first-order chi connectivity index (χ1) is 14.5. The van der Waals surface area contributed by atoms with Gasteiger partial charge in [0.25, 0.3) is 5.69 Å². The number of carbonyl (C=O) groups excluding carboxylic acids is 2. The largest absolute Gasteiger partial charge is 0.372 e. The van der Waals surface area contributed by atoms with Gasteiger partial charge in [-0.2, -0.15) is 0 Å². The zero-order chi connectivity index (χ0) is 21.3. The SMILES string of the molecule is O=C(NCCc1ccc(N2CCCCCC2)cc1)C(=O)Nc1cccc([N+](=O)[O-])c1. The normalized spacial score (nSPS) is 13.9. The van der Waals surface area contributed by atoms with Crippen molar-refractivity contribution in [2.45, 2.75) is 32.1 Å². The van der Waals surface area contributed by atoms with E-state index in [0.717, 1.165) is 18.7 Å². The van der Waals surface area contributed by atoms with Crippen LogP contribution in [0.3, 0.4) is 0 Å². The van der Waals surface area contributed by atoms with Crippen molar-refractivity contribution < 1.29 is 14.5 Å². The summed E-state index contributed by atoms with van der Waals surface area (Å²) < 4.78 is 0. The summed E-state index contributed by atoms with van der Waals surface area (Å²) in [5.41, 5.74) is 2.35. The molecule has 0 saturated carbocycles. The maximum atomic E-state index is 12.0. The number of nitrogens with zero attached hydrogens (tertiary/aromatic N) is 2. The second kappa shape index (κ2) is 10.4. The zero-order valence-electron chi connectivity index (χ0n) is 16.8. The van der Waals surface area contributed by atoms with Gasteiger partial charge in [-0.25, -0.2) is 0 Å². The van der Waals surface area contributed by atoms with Crippen LogP contribution >= 0.6 is 0 Å². The Kier molecular flexibility index (Phi) is 7.37. The summed E-state index contributed by atoms with van der Waals surface area (Å²) in [5.74, 6) is -1.63. The molecule has 0 unspecified atom stereocenters. The Morgan fingerprint density at radius 3 is 2.33 bits per heavy atom. The Labute approximate surface area is 175 Å². The maximum Gasteiger partial charge on any atom is 0.313 e. The van der Waals surface area contributed by atoms with Crippen LogP contribution in [0.4, 0.5) is 17.1 Å². The van der Waals surface area contributed by atoms with Gasteiger partial charge in [0, 0.05) is 43.1 Å². The van der Waals surface area contributed by atoms with E-state index in [0.29, 0.717) is 13.0 Å². The minimum Gasteiger partial charge on any atom is -0.372 e. The molecule has 1 aliphatic heterocycles. The summed E-state index contributed by atoms with van der Waals surface area (Å²) in [4.78, 5) is 36.6. The molecule has 0 spiro atoms. The number of carbonyl (C=O) groups is 2. The summed E-state index contributed by atoms with van der Waals surface area (Å²) >= 11 is 0. The minimum atomic E-state index is -0.855. The van der Waals surface area contributed by atoms with Crippen LogP contribution in [0.1, 0.15) is 31.2 Å². The van der Waals surface area contributed by atoms with Crippen molar-refractivity contribution in [2.24, 2.45) is 0 Å². The van der Waals surface area contributed by atoms with Gasteiger partial charge in [0.1, 0.15) is 0 Å². The molecule has 1 fully saturated rings. The van der Waals surface area contributed by atoms with Crippen LogP contribution in [0.25, 0.3) is 0 Å². The fraction of sp³-hybridized carbons (Fsp3) is 0.364. The second-order valence-electron chi connectivity index (χ2n) is 7.34. The highest BCUT2D eigenvalue weighted by Crippen LogP contribution is 2.20. The van der Waals surface area contributed by atoms with Gasteiger partial charge < -0.3 is 15.5 Å². The van der Waals surface area contributed by atoms with E-state index >= 15 is 0 Å². The number of non-ortho nitro benzene ring substituents is 1. The molecular weight excluding hydrogens is 384 g/mol. The average molecular weight is 410 g/mol. The first kappa shape index (κ1) is 21.3. The molecule has 158 valence electrons. The summed E-state index contributed by atoms with van der Waals surface area (Å²) in [6.07, 6.45) is 5.65. The van der Waals surface area contributed by atoms with Gasteiger partial charge >= 0.3 is 11.8 Å². The van der Waals surface area contributed by atoms with Gasteiger partial charge in [0.05, 0.1) is 4.92 Å². The summed E-state index contributed by atoms with van der Waals surface area (Å²) in [6, 6.07) is 13.8. The molecule has 3 rings (SSSR count). The van der Waals surface area contributed by atoms with E-state index < -0.39 is 16.7 Å². The quantitative estimate of drug-likeness (QED) is 0.432. The lowest BCUT2D eigenvalue weighted by molar-refractivity contribution is -0.384. The zero-order valence-corrected chi connectivity index (χ0v) is 16.8. The number of nitrogens with one attached hydrogen (secondary N) is 2. The number of benzene rings is 2. The summed E-state index contributed by atoms with van der Waals surface area (Å²) in [7, 11) is 0. The maximum absolute atomic E-state index is 12.0. The van der Waals surface area contributed by atoms with E-state index in [9.17, 15) is 19.7 Å². The highest BCUT2D eigenvalue weighted by molar-refractivity contribution is 6.39. The number of nitro benzene ring substituents is 1. The molecule has 2 amide bonds. The van der Waals surface area contributed by atoms with Crippen LogP contribution in [0.5, 0.6) is 0 Å². The van der Waals surface area contributed by atoms with Crippen molar-refractivity contribution in [1.82, 2.24) is 5.32 Å². The first-order valence-corrected chi connectivity index (χ1v) is 10.2. The topological polar surface area (TPSA) is 105 Å². The van der Waals surface area contributed by atoms with E-state index in [1.807, 2.05) is 0 Å². The van der Waals surface area contributed by atoms with Gasteiger partial charge in [0.2, 0.25) is 0 Å². The van der Waals surface area contributed by atoms with E-state index in [1.54, 1.807) is 0 Å². The highest BCUT2D eigenvalue weighted by Gasteiger charge is 2.15. The smallest absolute Gasteiger partial charge is 0.313 e. The molecule has 2 aromatic rings. The fourth-order valence-corrected chi connectivity index (χ4v) is 3.49. The molecular formula is C22H26N4O4. The van der Waals surface area contributed by atoms with E-state index in [4.69, 9.17) is 0 Å². The molecule has 2 aromatic carbocycles. The van der Waals surface area contributed by atoms with Crippen LogP contribution in [-0.4, -0.2) is 36.4 Å². The summed E-state index contributed by atoms with van der Waals surface area (Å²) in [5, 5.41) is 15.7. The number of amides is 2. The first-order valence-electron chi connectivity index (χ1n) is 10.2. The van der Waals surface area contributed by atoms with Gasteiger partial charge in [-0.15, -0.1) is 0 Å². The third kappa shape index (κ3) is 6.04. The lowest BCUT2D eigenvalue weighted by Gasteiger charge is -2.22. The molecule has 1 heterocycles. The Hall–Kier alpha value is -3.42. The number of rotatable bonds is 6. The summed E-state index contributed by atoms with van der Waals surface area (Å²) in [6.45, 7) is 2.51. The monoisotopic (exact) mass is 410 g/mol. The van der Waals surface area contributed by atoms with Crippen molar-refractivity contribution in [1.29, 1.82) is 0 Å². The molecule has 0 aromatic heterocycles. The molecule has 30 heavy (non-hydrogen) atoms. The molecule has 2 N–H and O–H groups in total. The third-order valence-corrected chi connectivity index (χ3v) is 5.13. The molecule has 1 aliphatic rings. The van der Waals surface area contributed by atoms with Gasteiger partial charge in [-0.3, -0.25) is 19.7 Å². The molecule has 1 saturated heterocycles. The Morgan fingerprint density at radius 1 is 0.967 bits per heavy atom. The number of hydrogen-bond acceptors (Lipinski definition) is 5. The van der Waals surface area contributed by atoms with Crippen LogP contribution in [-0.2, 0) is 16.0 Å². The van der Waals surface area contributed by atoms with Crippen molar-refractivity contribution in [2.75, 3.05) is 29.9 Å². The van der Waals surface area contributed by atoms with Crippen LogP contribution in [0.15, 0.2) is 48.5 Å². The van der Waals surface area contributed by atoms with Gasteiger partial charge in [0.15, 0.2) is 0 Å². The van der Waals surface area contributed by atoms with Gasteiger partial charge in [-0.05, 0) is 43.0 Å².